The van der Waals surface area contributed by atoms with Gasteiger partial charge in [-0.3, -0.25) is 4.79 Å². The van der Waals surface area contributed by atoms with E-state index in [2.05, 4.69) is 5.32 Å². The fourth-order valence-electron chi connectivity index (χ4n) is 1.60. The molecule has 0 heterocycles. The van der Waals surface area contributed by atoms with Gasteiger partial charge in [-0.1, -0.05) is 31.5 Å². The molecule has 0 saturated carbocycles. The number of hydrogen-bond donors (Lipinski definition) is 2. The molecule has 0 aliphatic rings. The second-order valence-corrected chi connectivity index (χ2v) is 4.89. The minimum atomic E-state index is -0.270. The van der Waals surface area contributed by atoms with Gasteiger partial charge in [0.25, 0.3) is 5.91 Å². The number of hydrogen-bond acceptors (Lipinski definition) is 3. The molecule has 0 saturated heterocycles. The zero-order valence-corrected chi connectivity index (χ0v) is 11.6. The molecule has 1 aromatic carbocycles. The Morgan fingerprint density at radius 3 is 2.67 bits per heavy atom. The van der Waals surface area contributed by atoms with Crippen molar-refractivity contribution in [2.24, 2.45) is 5.92 Å². The summed E-state index contributed by atoms with van der Waals surface area (Å²) in [5.41, 5.74) is 6.47. The average Bonchev–Trinajstić information content (AvgIpc) is 2.28. The van der Waals surface area contributed by atoms with Crippen molar-refractivity contribution in [2.75, 3.05) is 19.5 Å². The summed E-state index contributed by atoms with van der Waals surface area (Å²) in [6.07, 6.45) is 0. The molecule has 1 unspecified atom stereocenters. The number of halogens is 1. The van der Waals surface area contributed by atoms with E-state index in [4.69, 9.17) is 22.1 Å². The minimum Gasteiger partial charge on any atom is -0.398 e. The van der Waals surface area contributed by atoms with Crippen molar-refractivity contribution in [1.82, 2.24) is 5.32 Å². The van der Waals surface area contributed by atoms with E-state index in [1.54, 1.807) is 25.3 Å². The van der Waals surface area contributed by atoms with E-state index in [1.807, 2.05) is 13.8 Å². The number of nitrogens with two attached hydrogens (primary N) is 1. The molecule has 1 atom stereocenters. The highest BCUT2D eigenvalue weighted by molar-refractivity contribution is 6.34. The molecular weight excluding hydrogens is 252 g/mol. The van der Waals surface area contributed by atoms with E-state index in [0.717, 1.165) is 0 Å². The summed E-state index contributed by atoms with van der Waals surface area (Å²) in [5, 5.41) is 3.24. The van der Waals surface area contributed by atoms with Crippen molar-refractivity contribution in [1.29, 1.82) is 0 Å². The summed E-state index contributed by atoms with van der Waals surface area (Å²) < 4.78 is 5.08. The Bertz CT molecular complexity index is 401. The number of benzene rings is 1. The van der Waals surface area contributed by atoms with E-state index in [1.165, 1.54) is 0 Å². The number of ether oxygens (including phenoxy) is 1. The van der Waals surface area contributed by atoms with Crippen LogP contribution in [-0.2, 0) is 4.74 Å². The molecule has 0 spiro atoms. The standard InChI is InChI=1S/C13H19ClN2O2/c1-8(2)11(7-18-3)16-13(17)12-9(14)5-4-6-10(12)15/h4-6,8,11H,7,15H2,1-3H3,(H,16,17). The highest BCUT2D eigenvalue weighted by atomic mass is 35.5. The van der Waals surface area contributed by atoms with Crippen LogP contribution in [-0.4, -0.2) is 25.7 Å². The first-order chi connectivity index (χ1) is 8.47. The maximum atomic E-state index is 12.1. The average molecular weight is 271 g/mol. The molecule has 0 aliphatic heterocycles. The molecule has 0 fully saturated rings. The Labute approximate surface area is 112 Å². The lowest BCUT2D eigenvalue weighted by atomic mass is 10.0. The van der Waals surface area contributed by atoms with Crippen LogP contribution in [0.3, 0.4) is 0 Å². The fourth-order valence-corrected chi connectivity index (χ4v) is 1.87. The molecular formula is C13H19ClN2O2. The van der Waals surface area contributed by atoms with E-state index in [9.17, 15) is 4.79 Å². The summed E-state index contributed by atoms with van der Waals surface area (Å²) in [4.78, 5) is 12.1. The normalized spacial score (nSPS) is 12.5. The Hall–Kier alpha value is -1.26. The number of amides is 1. The third-order valence-corrected chi connectivity index (χ3v) is 3.06. The summed E-state index contributed by atoms with van der Waals surface area (Å²) >= 11 is 5.99. The van der Waals surface area contributed by atoms with E-state index >= 15 is 0 Å². The van der Waals surface area contributed by atoms with Gasteiger partial charge >= 0.3 is 0 Å². The number of anilines is 1. The van der Waals surface area contributed by atoms with Crippen molar-refractivity contribution in [3.05, 3.63) is 28.8 Å². The molecule has 3 N–H and O–H groups in total. The first-order valence-electron chi connectivity index (χ1n) is 5.81. The van der Waals surface area contributed by atoms with Gasteiger partial charge in [-0.2, -0.15) is 0 Å². The van der Waals surface area contributed by atoms with Crippen LogP contribution in [0, 0.1) is 5.92 Å². The molecule has 1 rings (SSSR count). The van der Waals surface area contributed by atoms with Crippen LogP contribution in [0.2, 0.25) is 5.02 Å². The molecule has 5 heteroatoms. The molecule has 100 valence electrons. The van der Waals surface area contributed by atoms with Gasteiger partial charge < -0.3 is 15.8 Å². The van der Waals surface area contributed by atoms with Gasteiger partial charge in [0.05, 0.1) is 23.2 Å². The zero-order chi connectivity index (χ0) is 13.7. The molecule has 18 heavy (non-hydrogen) atoms. The van der Waals surface area contributed by atoms with Crippen LogP contribution >= 0.6 is 11.6 Å². The number of rotatable bonds is 5. The Morgan fingerprint density at radius 2 is 2.17 bits per heavy atom. The van der Waals surface area contributed by atoms with Crippen molar-refractivity contribution in [2.45, 2.75) is 19.9 Å². The zero-order valence-electron chi connectivity index (χ0n) is 10.9. The quantitative estimate of drug-likeness (QED) is 0.807. The number of carbonyl (C=O) groups is 1. The van der Waals surface area contributed by atoms with Gasteiger partial charge in [-0.15, -0.1) is 0 Å². The molecule has 0 aliphatic carbocycles. The van der Waals surface area contributed by atoms with E-state index in [0.29, 0.717) is 22.9 Å². The Balaban J connectivity index is 2.87. The summed E-state index contributed by atoms with van der Waals surface area (Å²) in [6, 6.07) is 4.94. The first-order valence-corrected chi connectivity index (χ1v) is 6.19. The third kappa shape index (κ3) is 3.62. The molecule has 0 aromatic heterocycles. The predicted molar refractivity (Wildman–Crippen MR) is 73.8 cm³/mol. The lowest BCUT2D eigenvalue weighted by Crippen LogP contribution is -2.42. The summed E-state index contributed by atoms with van der Waals surface area (Å²) in [6.45, 7) is 4.48. The maximum Gasteiger partial charge on any atom is 0.255 e. The lowest BCUT2D eigenvalue weighted by molar-refractivity contribution is 0.0867. The lowest BCUT2D eigenvalue weighted by Gasteiger charge is -2.22. The molecule has 0 bridgehead atoms. The topological polar surface area (TPSA) is 64.3 Å². The largest absolute Gasteiger partial charge is 0.398 e. The first kappa shape index (κ1) is 14.8. The highest BCUT2D eigenvalue weighted by Crippen LogP contribution is 2.22. The molecule has 4 nitrogen and oxygen atoms in total. The number of nitrogen functional groups attached to an aromatic ring is 1. The van der Waals surface area contributed by atoms with Gasteiger partial charge in [0.2, 0.25) is 0 Å². The second kappa shape index (κ2) is 6.61. The molecule has 0 radical (unpaired) electrons. The smallest absolute Gasteiger partial charge is 0.255 e. The Morgan fingerprint density at radius 1 is 1.50 bits per heavy atom. The highest BCUT2D eigenvalue weighted by Gasteiger charge is 2.20. The van der Waals surface area contributed by atoms with Crippen molar-refractivity contribution in [3.63, 3.8) is 0 Å². The second-order valence-electron chi connectivity index (χ2n) is 4.48. The number of nitrogens with one attached hydrogen (secondary N) is 1. The van der Waals surface area contributed by atoms with Crippen LogP contribution in [0.25, 0.3) is 0 Å². The van der Waals surface area contributed by atoms with Crippen LogP contribution < -0.4 is 11.1 Å². The summed E-state index contributed by atoms with van der Waals surface area (Å²) in [7, 11) is 1.60. The summed E-state index contributed by atoms with van der Waals surface area (Å²) in [5.74, 6) is -0.00791. The molecule has 1 amide bonds. The van der Waals surface area contributed by atoms with Crippen LogP contribution in [0.5, 0.6) is 0 Å². The van der Waals surface area contributed by atoms with E-state index < -0.39 is 0 Å². The van der Waals surface area contributed by atoms with E-state index in [-0.39, 0.29) is 17.9 Å². The van der Waals surface area contributed by atoms with Gasteiger partial charge in [0.1, 0.15) is 0 Å². The SMILES string of the molecule is COCC(NC(=O)c1c(N)cccc1Cl)C(C)C. The van der Waals surface area contributed by atoms with Gasteiger partial charge in [-0.05, 0) is 18.1 Å². The van der Waals surface area contributed by atoms with Crippen molar-refractivity contribution >= 4 is 23.2 Å². The monoisotopic (exact) mass is 270 g/mol. The predicted octanol–water partition coefficient (Wildman–Crippen LogP) is 2.32. The van der Waals surface area contributed by atoms with Gasteiger partial charge in [-0.25, -0.2) is 0 Å². The van der Waals surface area contributed by atoms with Crippen LogP contribution in [0.4, 0.5) is 5.69 Å². The number of carbonyl (C=O) groups excluding carboxylic acids is 1. The van der Waals surface area contributed by atoms with Crippen LogP contribution in [0.15, 0.2) is 18.2 Å². The number of methoxy groups -OCH3 is 1. The fraction of sp³-hybridized carbons (Fsp3) is 0.462. The van der Waals surface area contributed by atoms with Crippen LogP contribution in [0.1, 0.15) is 24.2 Å². The van der Waals surface area contributed by atoms with Crippen molar-refractivity contribution in [3.8, 4) is 0 Å². The third-order valence-electron chi connectivity index (χ3n) is 2.74. The Kier molecular flexibility index (Phi) is 5.44. The molecule has 1 aromatic rings. The van der Waals surface area contributed by atoms with Gasteiger partial charge in [0.15, 0.2) is 0 Å². The van der Waals surface area contributed by atoms with Gasteiger partial charge in [0, 0.05) is 12.8 Å². The van der Waals surface area contributed by atoms with Crippen molar-refractivity contribution < 1.29 is 9.53 Å². The minimum absolute atomic E-state index is 0.0711. The maximum absolute atomic E-state index is 12.1.